The molecule has 31 heavy (non-hydrogen) atoms. The van der Waals surface area contributed by atoms with Crippen LogP contribution in [-0.4, -0.2) is 29.2 Å². The Balaban J connectivity index is 1.50. The molecular formula is C27H35N3O. The highest BCUT2D eigenvalue weighted by molar-refractivity contribution is 6.46. The van der Waals surface area contributed by atoms with Gasteiger partial charge in [0.1, 0.15) is 5.71 Å². The Kier molecular flexibility index (Phi) is 6.54. The monoisotopic (exact) mass is 417 g/mol. The van der Waals surface area contributed by atoms with Crippen LogP contribution in [0.15, 0.2) is 47.7 Å². The largest absolute Gasteiger partial charge is 0.348 e. The van der Waals surface area contributed by atoms with Gasteiger partial charge in [-0.2, -0.15) is 0 Å². The third kappa shape index (κ3) is 5.23. The van der Waals surface area contributed by atoms with Crippen LogP contribution in [-0.2, 0) is 11.2 Å². The molecule has 164 valence electrons. The van der Waals surface area contributed by atoms with E-state index < -0.39 is 0 Å². The third-order valence-electron chi connectivity index (χ3n) is 7.00. The van der Waals surface area contributed by atoms with Crippen molar-refractivity contribution in [1.82, 2.24) is 10.3 Å². The van der Waals surface area contributed by atoms with Crippen molar-refractivity contribution < 1.29 is 4.79 Å². The standard InChI is InChI=1S/C27H35N3O/c1-27(2,3)22-8-4-5-9-23(13-12-22)30-26(31)25-24-17-20(21-7-6-15-28-18-21)11-10-19(24)14-16-29-25/h6-7,10-11,15,17-18,22-23H,4-5,8-9,12-14,16H2,1-3H3,(H,30,31). The van der Waals surface area contributed by atoms with Crippen LogP contribution in [0.5, 0.6) is 0 Å². The summed E-state index contributed by atoms with van der Waals surface area (Å²) in [5, 5.41) is 3.35. The average Bonchev–Trinajstić information content (AvgIpc) is 2.74. The summed E-state index contributed by atoms with van der Waals surface area (Å²) >= 11 is 0. The van der Waals surface area contributed by atoms with Gasteiger partial charge in [0.2, 0.25) is 0 Å². The molecule has 4 rings (SSSR count). The van der Waals surface area contributed by atoms with Crippen LogP contribution in [0.25, 0.3) is 11.1 Å². The van der Waals surface area contributed by atoms with E-state index in [0.29, 0.717) is 17.7 Å². The number of carbonyl (C=O) groups excluding carboxylic acids is 1. The average molecular weight is 418 g/mol. The Hall–Kier alpha value is -2.49. The van der Waals surface area contributed by atoms with E-state index in [1.54, 1.807) is 6.20 Å². The summed E-state index contributed by atoms with van der Waals surface area (Å²) in [5.74, 6) is 0.712. The summed E-state index contributed by atoms with van der Waals surface area (Å²) in [4.78, 5) is 22.2. The Morgan fingerprint density at radius 1 is 1.03 bits per heavy atom. The van der Waals surface area contributed by atoms with Crippen LogP contribution < -0.4 is 5.32 Å². The second-order valence-corrected chi connectivity index (χ2v) is 10.2. The zero-order valence-corrected chi connectivity index (χ0v) is 19.2. The predicted octanol–water partition coefficient (Wildman–Crippen LogP) is 5.60. The minimum Gasteiger partial charge on any atom is -0.348 e. The molecule has 2 aromatic rings. The first-order chi connectivity index (χ1) is 14.9. The second-order valence-electron chi connectivity index (χ2n) is 10.2. The highest BCUT2D eigenvalue weighted by Crippen LogP contribution is 2.36. The maximum absolute atomic E-state index is 13.3. The van der Waals surface area contributed by atoms with Gasteiger partial charge in [-0.3, -0.25) is 14.8 Å². The van der Waals surface area contributed by atoms with Crippen LogP contribution in [0, 0.1) is 11.3 Å². The number of aliphatic imine (C=N–C) groups is 1. The molecule has 0 spiro atoms. The van der Waals surface area contributed by atoms with Crippen molar-refractivity contribution in [3.63, 3.8) is 0 Å². The van der Waals surface area contributed by atoms with Crippen LogP contribution in [0.3, 0.4) is 0 Å². The fourth-order valence-electron chi connectivity index (χ4n) is 5.03. The number of rotatable bonds is 3. The zero-order valence-electron chi connectivity index (χ0n) is 19.2. The molecular weight excluding hydrogens is 382 g/mol. The van der Waals surface area contributed by atoms with Crippen LogP contribution >= 0.6 is 0 Å². The SMILES string of the molecule is CC(C)(C)C1CCCCC(NC(=O)C2=NCCc3ccc(-c4cccnc4)cc32)CC1. The van der Waals surface area contributed by atoms with Crippen molar-refractivity contribution in [3.8, 4) is 11.1 Å². The molecule has 1 aromatic carbocycles. The number of carbonyl (C=O) groups is 1. The molecule has 2 aliphatic rings. The number of hydrogen-bond donors (Lipinski definition) is 1. The van der Waals surface area contributed by atoms with E-state index in [2.05, 4.69) is 60.3 Å². The normalized spacial score (nSPS) is 22.0. The summed E-state index contributed by atoms with van der Waals surface area (Å²) in [5.41, 5.74) is 5.25. The Morgan fingerprint density at radius 3 is 2.65 bits per heavy atom. The lowest BCUT2D eigenvalue weighted by atomic mass is 9.73. The van der Waals surface area contributed by atoms with Gasteiger partial charge in [-0.15, -0.1) is 0 Å². The highest BCUT2D eigenvalue weighted by Gasteiger charge is 2.28. The molecule has 0 saturated heterocycles. The fourth-order valence-corrected chi connectivity index (χ4v) is 5.03. The molecule has 1 aromatic heterocycles. The van der Waals surface area contributed by atoms with Crippen LogP contribution in [0.2, 0.25) is 0 Å². The van der Waals surface area contributed by atoms with Crippen molar-refractivity contribution in [1.29, 1.82) is 0 Å². The van der Waals surface area contributed by atoms with Gasteiger partial charge in [-0.25, -0.2) is 0 Å². The van der Waals surface area contributed by atoms with Crippen molar-refractivity contribution in [2.24, 2.45) is 16.3 Å². The van der Waals surface area contributed by atoms with Crippen molar-refractivity contribution >= 4 is 11.6 Å². The number of fused-ring (bicyclic) bond motifs is 1. The van der Waals surface area contributed by atoms with Gasteiger partial charge in [-0.05, 0) is 66.7 Å². The van der Waals surface area contributed by atoms with E-state index >= 15 is 0 Å². The van der Waals surface area contributed by atoms with E-state index in [0.717, 1.165) is 41.9 Å². The summed E-state index contributed by atoms with van der Waals surface area (Å²) in [6, 6.07) is 10.6. The molecule has 2 unspecified atom stereocenters. The summed E-state index contributed by atoms with van der Waals surface area (Å²) < 4.78 is 0. The first-order valence-corrected chi connectivity index (χ1v) is 11.8. The van der Waals surface area contributed by atoms with Gasteiger partial charge in [0, 0.05) is 36.1 Å². The lowest BCUT2D eigenvalue weighted by molar-refractivity contribution is -0.115. The number of amides is 1. The molecule has 1 saturated carbocycles. The molecule has 1 fully saturated rings. The van der Waals surface area contributed by atoms with E-state index in [1.807, 2.05) is 12.3 Å². The van der Waals surface area contributed by atoms with E-state index in [9.17, 15) is 4.79 Å². The number of benzene rings is 1. The van der Waals surface area contributed by atoms with Crippen LogP contribution in [0.1, 0.15) is 70.4 Å². The first kappa shape index (κ1) is 21.7. The van der Waals surface area contributed by atoms with Crippen molar-refractivity contribution in [3.05, 3.63) is 53.9 Å². The van der Waals surface area contributed by atoms with E-state index in [1.165, 1.54) is 31.2 Å². The lowest BCUT2D eigenvalue weighted by Crippen LogP contribution is -2.41. The highest BCUT2D eigenvalue weighted by atomic mass is 16.2. The van der Waals surface area contributed by atoms with Gasteiger partial charge < -0.3 is 5.32 Å². The Morgan fingerprint density at radius 2 is 1.87 bits per heavy atom. The van der Waals surface area contributed by atoms with Gasteiger partial charge in [0.25, 0.3) is 5.91 Å². The maximum atomic E-state index is 13.3. The molecule has 0 bridgehead atoms. The fraction of sp³-hybridized carbons (Fsp3) is 0.519. The molecule has 1 aliphatic heterocycles. The molecule has 2 atom stereocenters. The second kappa shape index (κ2) is 9.33. The number of nitrogens with zero attached hydrogens (tertiary/aromatic N) is 2. The van der Waals surface area contributed by atoms with Crippen molar-refractivity contribution in [2.45, 2.75) is 71.8 Å². The maximum Gasteiger partial charge on any atom is 0.270 e. The Bertz CT molecular complexity index is 943. The van der Waals surface area contributed by atoms with Crippen LogP contribution in [0.4, 0.5) is 0 Å². The summed E-state index contributed by atoms with van der Waals surface area (Å²) in [6.07, 6.45) is 11.6. The van der Waals surface area contributed by atoms with E-state index in [-0.39, 0.29) is 11.9 Å². The minimum atomic E-state index is -0.0119. The van der Waals surface area contributed by atoms with Gasteiger partial charge >= 0.3 is 0 Å². The summed E-state index contributed by atoms with van der Waals surface area (Å²) in [6.45, 7) is 7.72. The first-order valence-electron chi connectivity index (χ1n) is 11.8. The number of nitrogens with one attached hydrogen (secondary N) is 1. The quantitative estimate of drug-likeness (QED) is 0.707. The minimum absolute atomic E-state index is 0.0119. The lowest BCUT2D eigenvalue weighted by Gasteiger charge is -2.34. The molecule has 4 nitrogen and oxygen atoms in total. The molecule has 1 aliphatic carbocycles. The summed E-state index contributed by atoms with van der Waals surface area (Å²) in [7, 11) is 0. The van der Waals surface area contributed by atoms with Gasteiger partial charge in [0.05, 0.1) is 0 Å². The molecule has 1 amide bonds. The molecule has 4 heteroatoms. The number of aromatic nitrogens is 1. The molecule has 2 heterocycles. The Labute approximate surface area is 186 Å². The van der Waals surface area contributed by atoms with Gasteiger partial charge in [-0.1, -0.05) is 51.8 Å². The number of hydrogen-bond acceptors (Lipinski definition) is 3. The molecule has 1 N–H and O–H groups in total. The van der Waals surface area contributed by atoms with Gasteiger partial charge in [0.15, 0.2) is 0 Å². The zero-order chi connectivity index (χ0) is 21.8. The predicted molar refractivity (Wildman–Crippen MR) is 127 cm³/mol. The number of pyridine rings is 1. The van der Waals surface area contributed by atoms with E-state index in [4.69, 9.17) is 0 Å². The smallest absolute Gasteiger partial charge is 0.270 e. The van der Waals surface area contributed by atoms with Crippen molar-refractivity contribution in [2.75, 3.05) is 6.54 Å². The third-order valence-corrected chi connectivity index (χ3v) is 7.00. The topological polar surface area (TPSA) is 54.4 Å². The molecule has 0 radical (unpaired) electrons.